The number of hydrogen-bond donors (Lipinski definition) is 2. The van der Waals surface area contributed by atoms with Crippen LogP contribution in [0.15, 0.2) is 24.3 Å². The van der Waals surface area contributed by atoms with E-state index in [0.29, 0.717) is 6.42 Å². The third kappa shape index (κ3) is 2.89. The maximum atomic E-state index is 10.3. The minimum absolute atomic E-state index is 0.281. The van der Waals surface area contributed by atoms with E-state index in [1.807, 2.05) is 23.9 Å². The van der Waals surface area contributed by atoms with E-state index in [2.05, 4.69) is 0 Å². The van der Waals surface area contributed by atoms with Crippen molar-refractivity contribution in [2.24, 2.45) is 0 Å². The molecule has 0 amide bonds. The van der Waals surface area contributed by atoms with Crippen LogP contribution in [0.3, 0.4) is 0 Å². The van der Waals surface area contributed by atoms with Gasteiger partial charge in [-0.3, -0.25) is 0 Å². The maximum Gasteiger partial charge on any atom is 0.115 e. The molecule has 2 rings (SSSR count). The van der Waals surface area contributed by atoms with E-state index < -0.39 is 5.60 Å². The molecule has 1 aliphatic rings. The lowest BCUT2D eigenvalue weighted by atomic mass is 9.91. The first-order valence-corrected chi connectivity index (χ1v) is 6.41. The van der Waals surface area contributed by atoms with Crippen molar-refractivity contribution in [3.05, 3.63) is 29.8 Å². The fourth-order valence-corrected chi connectivity index (χ4v) is 3.09. The molecule has 1 saturated heterocycles. The summed E-state index contributed by atoms with van der Waals surface area (Å²) in [7, 11) is 0. The summed E-state index contributed by atoms with van der Waals surface area (Å²) in [6, 6.07) is 7.11. The Labute approximate surface area is 94.3 Å². The molecule has 2 nitrogen and oxygen atoms in total. The van der Waals surface area contributed by atoms with Crippen molar-refractivity contribution in [3.8, 4) is 5.75 Å². The number of phenolic OH excluding ortho intramolecular Hbond substituents is 1. The molecule has 0 aromatic heterocycles. The third-order valence-corrected chi connectivity index (χ3v) is 4.09. The van der Waals surface area contributed by atoms with Crippen LogP contribution in [0, 0.1) is 0 Å². The predicted molar refractivity (Wildman–Crippen MR) is 63.3 cm³/mol. The van der Waals surface area contributed by atoms with Crippen LogP contribution in [0.1, 0.15) is 18.4 Å². The highest BCUT2D eigenvalue weighted by Crippen LogP contribution is 2.30. The van der Waals surface area contributed by atoms with Gasteiger partial charge in [-0.25, -0.2) is 0 Å². The van der Waals surface area contributed by atoms with Crippen LogP contribution < -0.4 is 0 Å². The molecule has 1 aromatic rings. The minimum Gasteiger partial charge on any atom is -0.508 e. The summed E-state index contributed by atoms with van der Waals surface area (Å²) in [6.45, 7) is 0. The molecule has 15 heavy (non-hydrogen) atoms. The average molecular weight is 224 g/mol. The fourth-order valence-electron chi connectivity index (χ4n) is 1.97. The van der Waals surface area contributed by atoms with Crippen molar-refractivity contribution >= 4 is 11.8 Å². The maximum absolute atomic E-state index is 10.3. The van der Waals surface area contributed by atoms with Crippen LogP contribution in [0.25, 0.3) is 0 Å². The number of aliphatic hydroxyl groups is 1. The van der Waals surface area contributed by atoms with Gasteiger partial charge < -0.3 is 10.2 Å². The van der Waals surface area contributed by atoms with Crippen LogP contribution in [0.5, 0.6) is 5.75 Å². The van der Waals surface area contributed by atoms with E-state index in [9.17, 15) is 5.11 Å². The van der Waals surface area contributed by atoms with Crippen LogP contribution in [0.2, 0.25) is 0 Å². The quantitative estimate of drug-likeness (QED) is 0.809. The Hall–Kier alpha value is -0.670. The molecule has 1 atom stereocenters. The lowest BCUT2D eigenvalue weighted by molar-refractivity contribution is 0.0530. The van der Waals surface area contributed by atoms with Crippen LogP contribution in [-0.4, -0.2) is 27.3 Å². The molecule has 0 aliphatic carbocycles. The second-order valence-corrected chi connectivity index (χ2v) is 5.33. The molecule has 2 N–H and O–H groups in total. The molecule has 0 radical (unpaired) electrons. The average Bonchev–Trinajstić information content (AvgIpc) is 2.22. The van der Waals surface area contributed by atoms with Crippen molar-refractivity contribution in [1.29, 1.82) is 0 Å². The van der Waals surface area contributed by atoms with Crippen molar-refractivity contribution in [2.45, 2.75) is 24.9 Å². The molecular weight excluding hydrogens is 208 g/mol. The van der Waals surface area contributed by atoms with E-state index in [0.717, 1.165) is 29.9 Å². The lowest BCUT2D eigenvalue weighted by Crippen LogP contribution is -2.37. The molecule has 1 heterocycles. The predicted octanol–water partition coefficient (Wildman–Crippen LogP) is 2.19. The van der Waals surface area contributed by atoms with Crippen molar-refractivity contribution in [2.75, 3.05) is 11.5 Å². The zero-order valence-electron chi connectivity index (χ0n) is 8.65. The zero-order chi connectivity index (χ0) is 10.7. The second kappa shape index (κ2) is 4.45. The summed E-state index contributed by atoms with van der Waals surface area (Å²) in [5.74, 6) is 2.27. The SMILES string of the molecule is Oc1ccc(CC2(O)CCCSC2)cc1. The first-order chi connectivity index (χ1) is 7.18. The van der Waals surface area contributed by atoms with E-state index >= 15 is 0 Å². The van der Waals surface area contributed by atoms with E-state index in [1.54, 1.807) is 12.1 Å². The Kier molecular flexibility index (Phi) is 3.22. The molecule has 0 saturated carbocycles. The normalized spacial score (nSPS) is 26.5. The van der Waals surface area contributed by atoms with Crippen molar-refractivity contribution < 1.29 is 10.2 Å². The fraction of sp³-hybridized carbons (Fsp3) is 0.500. The van der Waals surface area contributed by atoms with Crippen LogP contribution >= 0.6 is 11.8 Å². The number of benzene rings is 1. The number of phenols is 1. The van der Waals surface area contributed by atoms with Gasteiger partial charge in [0.2, 0.25) is 0 Å². The summed E-state index contributed by atoms with van der Waals surface area (Å²) in [5.41, 5.74) is 0.553. The summed E-state index contributed by atoms with van der Waals surface area (Å²) < 4.78 is 0. The first-order valence-electron chi connectivity index (χ1n) is 5.26. The number of rotatable bonds is 2. The smallest absolute Gasteiger partial charge is 0.115 e. The van der Waals surface area contributed by atoms with Gasteiger partial charge in [0.05, 0.1) is 5.60 Å². The van der Waals surface area contributed by atoms with E-state index in [1.165, 1.54) is 0 Å². The summed E-state index contributed by atoms with van der Waals surface area (Å²) in [6.07, 6.45) is 2.68. The topological polar surface area (TPSA) is 40.5 Å². The highest BCUT2D eigenvalue weighted by Gasteiger charge is 2.29. The Balaban J connectivity index is 2.03. The van der Waals surface area contributed by atoms with Gasteiger partial charge >= 0.3 is 0 Å². The number of aromatic hydroxyl groups is 1. The molecular formula is C12H16O2S. The molecule has 1 aliphatic heterocycles. The van der Waals surface area contributed by atoms with E-state index in [-0.39, 0.29) is 5.75 Å². The zero-order valence-corrected chi connectivity index (χ0v) is 9.46. The minimum atomic E-state index is -0.542. The lowest BCUT2D eigenvalue weighted by Gasteiger charge is -2.31. The standard InChI is InChI=1S/C12H16O2S/c13-11-4-2-10(3-5-11)8-12(14)6-1-7-15-9-12/h2-5,13-14H,1,6-9H2. The Bertz CT molecular complexity index is 315. The van der Waals surface area contributed by atoms with E-state index in [4.69, 9.17) is 5.11 Å². The van der Waals surface area contributed by atoms with Gasteiger partial charge in [0, 0.05) is 12.2 Å². The first kappa shape index (κ1) is 10.8. The highest BCUT2D eigenvalue weighted by molar-refractivity contribution is 7.99. The van der Waals surface area contributed by atoms with Crippen LogP contribution in [0.4, 0.5) is 0 Å². The molecule has 1 fully saturated rings. The third-order valence-electron chi connectivity index (χ3n) is 2.77. The molecule has 1 aromatic carbocycles. The van der Waals surface area contributed by atoms with Gasteiger partial charge in [0.25, 0.3) is 0 Å². The monoisotopic (exact) mass is 224 g/mol. The molecule has 3 heteroatoms. The molecule has 1 unspecified atom stereocenters. The number of thioether (sulfide) groups is 1. The van der Waals surface area contributed by atoms with Gasteiger partial charge in [0.1, 0.15) is 5.75 Å². The largest absolute Gasteiger partial charge is 0.508 e. The highest BCUT2D eigenvalue weighted by atomic mass is 32.2. The molecule has 0 bridgehead atoms. The van der Waals surface area contributed by atoms with Gasteiger partial charge in [-0.2, -0.15) is 11.8 Å². The van der Waals surface area contributed by atoms with Crippen molar-refractivity contribution in [3.63, 3.8) is 0 Å². The Morgan fingerprint density at radius 2 is 2.00 bits per heavy atom. The second-order valence-electron chi connectivity index (χ2n) is 4.22. The summed E-state index contributed by atoms with van der Waals surface area (Å²) in [5, 5.41) is 19.5. The van der Waals surface area contributed by atoms with Crippen molar-refractivity contribution in [1.82, 2.24) is 0 Å². The summed E-state index contributed by atoms with van der Waals surface area (Å²) >= 11 is 1.82. The van der Waals surface area contributed by atoms with Gasteiger partial charge in [0.15, 0.2) is 0 Å². The van der Waals surface area contributed by atoms with Gasteiger partial charge in [-0.05, 0) is 36.3 Å². The van der Waals surface area contributed by atoms with Gasteiger partial charge in [-0.1, -0.05) is 12.1 Å². The summed E-state index contributed by atoms with van der Waals surface area (Å²) in [4.78, 5) is 0. The molecule has 0 spiro atoms. The Morgan fingerprint density at radius 1 is 1.27 bits per heavy atom. The molecule has 82 valence electrons. The van der Waals surface area contributed by atoms with Gasteiger partial charge in [-0.15, -0.1) is 0 Å². The van der Waals surface area contributed by atoms with Crippen LogP contribution in [-0.2, 0) is 6.42 Å². The number of hydrogen-bond acceptors (Lipinski definition) is 3. The Morgan fingerprint density at radius 3 is 2.60 bits per heavy atom.